The number of hydrogen-bond acceptors (Lipinski definition) is 4. The zero-order valence-electron chi connectivity index (χ0n) is 26.7. The Morgan fingerprint density at radius 3 is 2.40 bits per heavy atom. The smallest absolute Gasteiger partial charge is 0.335 e. The molecule has 0 saturated heterocycles. The minimum Gasteiger partial charge on any atom is -0.489 e. The number of carbonyl (C=O) groups is 2. The standard InChI is InChI=1S/C38H37ClFN3O4.ClH/c1-2-3-19-41-37(44)25-11-16-31(24-9-13-28(39)14-10-24)27(20-25)23-47-30-15-17-32(33(40)22-30)36-42-34-21-26(38(45)46)12-18-35(34)43(36)29-7-5-4-6-8-29;/h9-18,20-22,29H,2-8,19,23H2,1H3,(H,41,44)(H,45,46);1H. The Labute approximate surface area is 290 Å². The van der Waals surface area contributed by atoms with Crippen molar-refractivity contribution in [3.8, 4) is 28.3 Å². The van der Waals surface area contributed by atoms with Gasteiger partial charge in [0.2, 0.25) is 0 Å². The predicted molar refractivity (Wildman–Crippen MR) is 190 cm³/mol. The van der Waals surface area contributed by atoms with Gasteiger partial charge in [-0.25, -0.2) is 14.2 Å². The molecule has 1 aliphatic rings. The minimum atomic E-state index is -1.03. The second kappa shape index (κ2) is 15.7. The van der Waals surface area contributed by atoms with Gasteiger partial charge in [-0.05, 0) is 90.6 Å². The van der Waals surface area contributed by atoms with Crippen LogP contribution in [0.15, 0.2) is 78.9 Å². The lowest BCUT2D eigenvalue weighted by Crippen LogP contribution is -2.24. The summed E-state index contributed by atoms with van der Waals surface area (Å²) in [4.78, 5) is 29.3. The summed E-state index contributed by atoms with van der Waals surface area (Å²) in [5.41, 5.74) is 4.87. The van der Waals surface area contributed by atoms with Gasteiger partial charge in [-0.3, -0.25) is 4.79 Å². The number of carbonyl (C=O) groups excluding carboxylic acids is 1. The van der Waals surface area contributed by atoms with Crippen molar-refractivity contribution in [1.82, 2.24) is 14.9 Å². The number of aromatic carboxylic acids is 1. The highest BCUT2D eigenvalue weighted by atomic mass is 35.5. The van der Waals surface area contributed by atoms with Crippen LogP contribution in [0.2, 0.25) is 5.02 Å². The van der Waals surface area contributed by atoms with Crippen molar-refractivity contribution in [3.63, 3.8) is 0 Å². The Hall–Kier alpha value is -4.40. The van der Waals surface area contributed by atoms with Crippen molar-refractivity contribution < 1.29 is 23.8 Å². The third kappa shape index (κ3) is 7.66. The molecule has 0 radical (unpaired) electrons. The van der Waals surface area contributed by atoms with Crippen molar-refractivity contribution in [3.05, 3.63) is 106 Å². The maximum absolute atomic E-state index is 16.0. The van der Waals surface area contributed by atoms with E-state index in [-0.39, 0.29) is 36.5 Å². The summed E-state index contributed by atoms with van der Waals surface area (Å²) in [6.45, 7) is 2.77. The van der Waals surface area contributed by atoms with Gasteiger partial charge in [-0.1, -0.05) is 62.4 Å². The number of carboxylic acid groups (broad SMARTS) is 1. The fraction of sp³-hybridized carbons (Fsp3) is 0.289. The molecule has 1 saturated carbocycles. The average molecular weight is 691 g/mol. The number of nitrogens with zero attached hydrogens (tertiary/aromatic N) is 2. The average Bonchev–Trinajstić information content (AvgIpc) is 3.46. The van der Waals surface area contributed by atoms with Crippen molar-refractivity contribution in [1.29, 1.82) is 0 Å². The van der Waals surface area contributed by atoms with Crippen molar-refractivity contribution >= 4 is 46.9 Å². The zero-order valence-corrected chi connectivity index (χ0v) is 28.2. The van der Waals surface area contributed by atoms with Gasteiger partial charge in [0, 0.05) is 29.2 Å². The quantitative estimate of drug-likeness (QED) is 0.135. The Kier molecular flexibility index (Phi) is 11.4. The number of unbranched alkanes of at least 4 members (excludes halogenated alkanes) is 1. The Bertz CT molecular complexity index is 1920. The van der Waals surface area contributed by atoms with Crippen LogP contribution >= 0.6 is 24.0 Å². The van der Waals surface area contributed by atoms with E-state index in [1.54, 1.807) is 36.4 Å². The Morgan fingerprint density at radius 2 is 1.69 bits per heavy atom. The van der Waals surface area contributed by atoms with Crippen molar-refractivity contribution in [2.24, 2.45) is 0 Å². The maximum atomic E-state index is 16.0. The summed E-state index contributed by atoms with van der Waals surface area (Å²) in [6, 6.07) is 22.7. The molecular formula is C38H38Cl2FN3O4. The summed E-state index contributed by atoms with van der Waals surface area (Å²) in [5.74, 6) is -0.871. The van der Waals surface area contributed by atoms with Gasteiger partial charge in [0.25, 0.3) is 5.91 Å². The fourth-order valence-electron chi connectivity index (χ4n) is 6.30. The molecule has 250 valence electrons. The molecule has 1 fully saturated rings. The Balaban J connectivity index is 0.00000451. The van der Waals surface area contributed by atoms with E-state index in [4.69, 9.17) is 21.3 Å². The van der Waals surface area contributed by atoms with Gasteiger partial charge in [-0.15, -0.1) is 12.4 Å². The van der Waals surface area contributed by atoms with Gasteiger partial charge in [0.15, 0.2) is 0 Å². The number of hydrogen-bond donors (Lipinski definition) is 2. The van der Waals surface area contributed by atoms with Crippen LogP contribution in [0.25, 0.3) is 33.5 Å². The van der Waals surface area contributed by atoms with Crippen molar-refractivity contribution in [2.45, 2.75) is 64.5 Å². The van der Waals surface area contributed by atoms with Crippen LogP contribution in [0.4, 0.5) is 4.39 Å². The number of carboxylic acids is 1. The monoisotopic (exact) mass is 689 g/mol. The summed E-state index contributed by atoms with van der Waals surface area (Å²) >= 11 is 6.13. The molecule has 1 aromatic heterocycles. The molecule has 6 rings (SSSR count). The van der Waals surface area contributed by atoms with E-state index >= 15 is 4.39 Å². The van der Waals surface area contributed by atoms with Crippen molar-refractivity contribution in [2.75, 3.05) is 6.54 Å². The van der Waals surface area contributed by atoms with E-state index in [2.05, 4.69) is 16.8 Å². The lowest BCUT2D eigenvalue weighted by Gasteiger charge is -2.25. The fourth-order valence-corrected chi connectivity index (χ4v) is 6.43. The minimum absolute atomic E-state index is 0. The van der Waals surface area contributed by atoms with E-state index in [1.807, 2.05) is 36.4 Å². The molecule has 5 aromatic rings. The highest BCUT2D eigenvalue weighted by Crippen LogP contribution is 2.38. The maximum Gasteiger partial charge on any atom is 0.335 e. The third-order valence-electron chi connectivity index (χ3n) is 8.79. The van der Waals surface area contributed by atoms with Crippen LogP contribution in [-0.2, 0) is 6.61 Å². The van der Waals surface area contributed by atoms with Gasteiger partial charge in [0.1, 0.15) is 24.0 Å². The van der Waals surface area contributed by atoms with E-state index in [9.17, 15) is 14.7 Å². The van der Waals surface area contributed by atoms with Gasteiger partial charge >= 0.3 is 5.97 Å². The largest absolute Gasteiger partial charge is 0.489 e. The lowest BCUT2D eigenvalue weighted by atomic mass is 9.94. The molecular weight excluding hydrogens is 652 g/mol. The van der Waals surface area contributed by atoms with Gasteiger partial charge < -0.3 is 19.7 Å². The summed E-state index contributed by atoms with van der Waals surface area (Å²) < 4.78 is 24.2. The van der Waals surface area contributed by atoms with Crippen LogP contribution in [0.5, 0.6) is 5.75 Å². The van der Waals surface area contributed by atoms with Gasteiger partial charge in [-0.2, -0.15) is 0 Å². The van der Waals surface area contributed by atoms with Crippen LogP contribution in [0.1, 0.15) is 84.2 Å². The number of fused-ring (bicyclic) bond motifs is 1. The predicted octanol–water partition coefficient (Wildman–Crippen LogP) is 9.90. The molecule has 48 heavy (non-hydrogen) atoms. The number of ether oxygens (including phenoxy) is 1. The Morgan fingerprint density at radius 1 is 0.958 bits per heavy atom. The van der Waals surface area contributed by atoms with Crippen LogP contribution in [-0.4, -0.2) is 33.1 Å². The molecule has 1 amide bonds. The topological polar surface area (TPSA) is 93.4 Å². The van der Waals surface area contributed by atoms with Gasteiger partial charge in [0.05, 0.1) is 22.2 Å². The number of benzene rings is 4. The molecule has 1 aliphatic carbocycles. The molecule has 0 bridgehead atoms. The van der Waals surface area contributed by atoms with E-state index in [1.165, 1.54) is 6.07 Å². The SMILES string of the molecule is CCCCNC(=O)c1ccc(-c2ccc(Cl)cc2)c(COc2ccc(-c3nc4cc(C(=O)O)ccc4n3C3CCCCC3)c(F)c2)c1.Cl. The van der Waals surface area contributed by atoms with Crippen LogP contribution in [0, 0.1) is 5.82 Å². The molecule has 0 aliphatic heterocycles. The van der Waals surface area contributed by atoms with E-state index in [0.29, 0.717) is 39.8 Å². The highest BCUT2D eigenvalue weighted by molar-refractivity contribution is 6.30. The number of amides is 1. The first-order valence-electron chi connectivity index (χ1n) is 16.2. The summed E-state index contributed by atoms with van der Waals surface area (Å²) in [7, 11) is 0. The zero-order chi connectivity index (χ0) is 32.9. The third-order valence-corrected chi connectivity index (χ3v) is 9.04. The number of rotatable bonds is 11. The molecule has 1 heterocycles. The number of aromatic nitrogens is 2. The van der Waals surface area contributed by atoms with Crippen LogP contribution < -0.4 is 10.1 Å². The second-order valence-electron chi connectivity index (χ2n) is 12.0. The van der Waals surface area contributed by atoms with Crippen LogP contribution in [0.3, 0.4) is 0 Å². The summed E-state index contributed by atoms with van der Waals surface area (Å²) in [6.07, 6.45) is 7.09. The molecule has 0 unspecified atom stereocenters. The number of imidazole rings is 1. The highest BCUT2D eigenvalue weighted by Gasteiger charge is 2.25. The lowest BCUT2D eigenvalue weighted by molar-refractivity contribution is 0.0696. The molecule has 2 N–H and O–H groups in total. The molecule has 0 atom stereocenters. The van der Waals surface area contributed by atoms with E-state index in [0.717, 1.165) is 67.2 Å². The number of nitrogens with one attached hydrogen (secondary N) is 1. The number of halogens is 3. The normalized spacial score (nSPS) is 13.2. The van der Waals surface area contributed by atoms with E-state index < -0.39 is 11.8 Å². The molecule has 0 spiro atoms. The molecule has 4 aromatic carbocycles. The first kappa shape index (κ1) is 34.9. The second-order valence-corrected chi connectivity index (χ2v) is 12.5. The first-order valence-corrected chi connectivity index (χ1v) is 16.5. The first-order chi connectivity index (χ1) is 22.8. The molecule has 7 nitrogen and oxygen atoms in total. The summed E-state index contributed by atoms with van der Waals surface area (Å²) in [5, 5.41) is 13.1. The molecule has 10 heteroatoms.